The van der Waals surface area contributed by atoms with E-state index in [0.29, 0.717) is 17.9 Å². The predicted octanol–water partition coefficient (Wildman–Crippen LogP) is 2.47. The first-order chi connectivity index (χ1) is 11.3. The third kappa shape index (κ3) is 2.58. The third-order valence-corrected chi connectivity index (χ3v) is 4.33. The molecule has 0 radical (unpaired) electrons. The predicted molar refractivity (Wildman–Crippen MR) is 81.7 cm³/mol. The second kappa shape index (κ2) is 5.83. The van der Waals surface area contributed by atoms with Crippen molar-refractivity contribution >= 4 is 11.6 Å². The monoisotopic (exact) mass is 311 g/mol. The van der Waals surface area contributed by atoms with Gasteiger partial charge in [0.1, 0.15) is 5.65 Å². The number of carbonyl (C=O) groups excluding carboxylic acids is 1. The number of nitrogens with zero attached hydrogens (tertiary/aromatic N) is 5. The minimum Gasteiger partial charge on any atom is -0.343 e. The van der Waals surface area contributed by atoms with Gasteiger partial charge in [-0.05, 0) is 25.0 Å². The zero-order valence-electron chi connectivity index (χ0n) is 12.6. The molecule has 1 fully saturated rings. The molecule has 0 aromatic carbocycles. The van der Waals surface area contributed by atoms with E-state index in [0.717, 1.165) is 31.3 Å². The number of imidazole rings is 1. The molecule has 118 valence electrons. The summed E-state index contributed by atoms with van der Waals surface area (Å²) in [6.45, 7) is 0.706. The maximum atomic E-state index is 13.0. The standard InChI is InChI=1S/C16H17N5O2/c22-16(12-5-8-20-9-6-17-14(20)10-12)21-7-3-1-2-4-13(21)15-18-11-23-19-15/h5-6,8-11,13H,1-4,7H2/t13-/m1/s1. The molecule has 3 aromatic heterocycles. The number of carbonyl (C=O) groups is 1. The summed E-state index contributed by atoms with van der Waals surface area (Å²) >= 11 is 0. The molecule has 1 aliphatic heterocycles. The van der Waals surface area contributed by atoms with E-state index < -0.39 is 0 Å². The minimum absolute atomic E-state index is 0.00722. The highest BCUT2D eigenvalue weighted by Gasteiger charge is 2.30. The second-order valence-corrected chi connectivity index (χ2v) is 5.76. The van der Waals surface area contributed by atoms with E-state index in [-0.39, 0.29) is 11.9 Å². The van der Waals surface area contributed by atoms with Gasteiger partial charge in [-0.15, -0.1) is 0 Å². The lowest BCUT2D eigenvalue weighted by molar-refractivity contribution is 0.0670. The van der Waals surface area contributed by atoms with Crippen LogP contribution in [0.1, 0.15) is 47.9 Å². The number of hydrogen-bond acceptors (Lipinski definition) is 5. The van der Waals surface area contributed by atoms with Crippen LogP contribution < -0.4 is 0 Å². The molecular weight excluding hydrogens is 294 g/mol. The molecule has 23 heavy (non-hydrogen) atoms. The van der Waals surface area contributed by atoms with Gasteiger partial charge in [-0.2, -0.15) is 4.98 Å². The van der Waals surface area contributed by atoms with Gasteiger partial charge >= 0.3 is 0 Å². The Hall–Kier alpha value is -2.70. The molecule has 0 aliphatic carbocycles. The molecule has 0 N–H and O–H groups in total. The molecule has 0 unspecified atom stereocenters. The molecular formula is C16H17N5O2. The maximum Gasteiger partial charge on any atom is 0.254 e. The summed E-state index contributed by atoms with van der Waals surface area (Å²) in [6.07, 6.45) is 10.8. The number of likely N-dealkylation sites (tertiary alicyclic amines) is 1. The molecule has 0 spiro atoms. The van der Waals surface area contributed by atoms with Crippen LogP contribution in [0.2, 0.25) is 0 Å². The van der Waals surface area contributed by atoms with Crippen LogP contribution in [0.15, 0.2) is 41.6 Å². The third-order valence-electron chi connectivity index (χ3n) is 4.33. The van der Waals surface area contributed by atoms with Crippen LogP contribution in [-0.4, -0.2) is 36.9 Å². The first-order valence-electron chi connectivity index (χ1n) is 7.83. The largest absolute Gasteiger partial charge is 0.343 e. The second-order valence-electron chi connectivity index (χ2n) is 5.76. The molecule has 0 saturated carbocycles. The van der Waals surface area contributed by atoms with Crippen LogP contribution in [0, 0.1) is 0 Å². The van der Waals surface area contributed by atoms with Crippen molar-refractivity contribution in [3.05, 3.63) is 48.5 Å². The fourth-order valence-electron chi connectivity index (χ4n) is 3.15. The Morgan fingerprint density at radius 3 is 3.04 bits per heavy atom. The molecule has 4 rings (SSSR count). The van der Waals surface area contributed by atoms with Crippen molar-refractivity contribution in [2.45, 2.75) is 31.7 Å². The summed E-state index contributed by atoms with van der Waals surface area (Å²) in [5, 5.41) is 3.95. The van der Waals surface area contributed by atoms with Gasteiger partial charge in [0.15, 0.2) is 5.82 Å². The van der Waals surface area contributed by atoms with Gasteiger partial charge in [0.25, 0.3) is 5.91 Å². The Kier molecular flexibility index (Phi) is 3.53. The molecule has 1 aliphatic rings. The van der Waals surface area contributed by atoms with Crippen molar-refractivity contribution in [2.24, 2.45) is 0 Å². The van der Waals surface area contributed by atoms with Crippen LogP contribution in [0.5, 0.6) is 0 Å². The lowest BCUT2D eigenvalue weighted by atomic mass is 10.1. The van der Waals surface area contributed by atoms with Gasteiger partial charge in [0, 0.05) is 30.7 Å². The minimum atomic E-state index is -0.125. The van der Waals surface area contributed by atoms with Crippen LogP contribution in [-0.2, 0) is 0 Å². The highest BCUT2D eigenvalue weighted by Crippen LogP contribution is 2.29. The Morgan fingerprint density at radius 1 is 1.22 bits per heavy atom. The summed E-state index contributed by atoms with van der Waals surface area (Å²) in [7, 11) is 0. The molecule has 1 saturated heterocycles. The molecule has 1 amide bonds. The number of amides is 1. The van der Waals surface area contributed by atoms with Gasteiger partial charge in [0.2, 0.25) is 6.39 Å². The zero-order valence-corrected chi connectivity index (χ0v) is 12.6. The Bertz CT molecular complexity index is 811. The van der Waals surface area contributed by atoms with E-state index in [1.165, 1.54) is 6.39 Å². The molecule has 1 atom stereocenters. The molecule has 4 heterocycles. The SMILES string of the molecule is O=C(c1ccn2ccnc2c1)N1CCCCC[C@@H]1c1ncon1. The number of pyridine rings is 1. The fraction of sp³-hybridized carbons (Fsp3) is 0.375. The Balaban J connectivity index is 1.68. The fourth-order valence-corrected chi connectivity index (χ4v) is 3.15. The van der Waals surface area contributed by atoms with Crippen molar-refractivity contribution in [2.75, 3.05) is 6.54 Å². The lowest BCUT2D eigenvalue weighted by Crippen LogP contribution is -2.35. The summed E-state index contributed by atoms with van der Waals surface area (Å²) < 4.78 is 6.76. The van der Waals surface area contributed by atoms with Gasteiger partial charge in [-0.1, -0.05) is 18.0 Å². The van der Waals surface area contributed by atoms with Crippen LogP contribution in [0.3, 0.4) is 0 Å². The van der Waals surface area contributed by atoms with Gasteiger partial charge in [0.05, 0.1) is 6.04 Å². The average Bonchev–Trinajstić information content (AvgIpc) is 3.21. The number of fused-ring (bicyclic) bond motifs is 1. The van der Waals surface area contributed by atoms with E-state index in [1.807, 2.05) is 33.8 Å². The average molecular weight is 311 g/mol. The normalized spacial score (nSPS) is 19.0. The van der Waals surface area contributed by atoms with E-state index in [2.05, 4.69) is 15.1 Å². The number of aromatic nitrogens is 4. The maximum absolute atomic E-state index is 13.0. The molecule has 7 nitrogen and oxygen atoms in total. The Labute approximate surface area is 132 Å². The molecule has 3 aromatic rings. The number of hydrogen-bond donors (Lipinski definition) is 0. The lowest BCUT2D eigenvalue weighted by Gasteiger charge is -2.27. The summed E-state index contributed by atoms with van der Waals surface area (Å²) in [5.41, 5.74) is 1.40. The first-order valence-corrected chi connectivity index (χ1v) is 7.83. The topological polar surface area (TPSA) is 76.5 Å². The summed E-state index contributed by atoms with van der Waals surface area (Å²) in [4.78, 5) is 23.3. The Morgan fingerprint density at radius 2 is 2.17 bits per heavy atom. The van der Waals surface area contributed by atoms with E-state index in [4.69, 9.17) is 4.52 Å². The highest BCUT2D eigenvalue weighted by molar-refractivity contribution is 5.95. The van der Waals surface area contributed by atoms with Crippen LogP contribution in [0.4, 0.5) is 0 Å². The van der Waals surface area contributed by atoms with E-state index in [9.17, 15) is 4.79 Å². The molecule has 7 heteroatoms. The highest BCUT2D eigenvalue weighted by atomic mass is 16.5. The van der Waals surface area contributed by atoms with Crippen molar-refractivity contribution < 1.29 is 9.32 Å². The van der Waals surface area contributed by atoms with Crippen molar-refractivity contribution in [1.29, 1.82) is 0 Å². The first kappa shape index (κ1) is 13.9. The van der Waals surface area contributed by atoms with Crippen molar-refractivity contribution in [3.8, 4) is 0 Å². The summed E-state index contributed by atoms with van der Waals surface area (Å²) in [6, 6.07) is 3.52. The van der Waals surface area contributed by atoms with Gasteiger partial charge < -0.3 is 13.8 Å². The van der Waals surface area contributed by atoms with Gasteiger partial charge in [-0.25, -0.2) is 4.98 Å². The smallest absolute Gasteiger partial charge is 0.254 e. The van der Waals surface area contributed by atoms with Gasteiger partial charge in [-0.3, -0.25) is 4.79 Å². The summed E-state index contributed by atoms with van der Waals surface area (Å²) in [5.74, 6) is 0.578. The van der Waals surface area contributed by atoms with E-state index >= 15 is 0 Å². The molecule has 0 bridgehead atoms. The number of rotatable bonds is 2. The van der Waals surface area contributed by atoms with Crippen molar-refractivity contribution in [3.63, 3.8) is 0 Å². The van der Waals surface area contributed by atoms with E-state index in [1.54, 1.807) is 6.20 Å². The quantitative estimate of drug-likeness (QED) is 0.726. The zero-order chi connectivity index (χ0) is 15.6. The van der Waals surface area contributed by atoms with Crippen LogP contribution >= 0.6 is 0 Å². The van der Waals surface area contributed by atoms with Crippen LogP contribution in [0.25, 0.3) is 5.65 Å². The van der Waals surface area contributed by atoms with Crippen molar-refractivity contribution in [1.82, 2.24) is 24.4 Å².